The van der Waals surface area contributed by atoms with Crippen LogP contribution >= 0.6 is 0 Å². The van der Waals surface area contributed by atoms with Gasteiger partial charge in [0.05, 0.1) is 0 Å². The van der Waals surface area contributed by atoms with Crippen molar-refractivity contribution in [2.45, 2.75) is 20.3 Å². The molecule has 0 unspecified atom stereocenters. The molecule has 0 N–H and O–H groups in total. The molecule has 0 amide bonds. The van der Waals surface area contributed by atoms with Gasteiger partial charge in [-0.05, 0) is 13.0 Å². The van der Waals surface area contributed by atoms with Crippen LogP contribution in [0.3, 0.4) is 0 Å². The average Bonchev–Trinajstić information content (AvgIpc) is 2.26. The molecule has 0 aliphatic heterocycles. The van der Waals surface area contributed by atoms with Crippen molar-refractivity contribution in [1.29, 1.82) is 0 Å². The Balaban J connectivity index is 2.79. The van der Waals surface area contributed by atoms with Crippen molar-refractivity contribution in [3.63, 3.8) is 0 Å². The lowest BCUT2D eigenvalue weighted by Gasteiger charge is -2.06. The van der Waals surface area contributed by atoms with Crippen LogP contribution in [0.25, 0.3) is 5.76 Å². The molecule has 2 nitrogen and oxygen atoms in total. The van der Waals surface area contributed by atoms with Crippen LogP contribution < -0.4 is 0 Å². The molecular formula is C12H13O2. The number of hydrogen-bond acceptors (Lipinski definition) is 2. The first-order valence-electron chi connectivity index (χ1n) is 4.58. The third kappa shape index (κ3) is 2.73. The first kappa shape index (κ1) is 10.5. The minimum absolute atomic E-state index is 0.238. The van der Waals surface area contributed by atoms with E-state index < -0.39 is 0 Å². The van der Waals surface area contributed by atoms with Crippen LogP contribution in [0.1, 0.15) is 25.8 Å². The molecular weight excluding hydrogens is 176 g/mol. The SMILES string of the molecule is C[C]=C(OC(=O)CC)c1ccccc1. The second kappa shape index (κ2) is 5.22. The van der Waals surface area contributed by atoms with Crippen LogP contribution in [-0.4, -0.2) is 5.97 Å². The van der Waals surface area contributed by atoms with E-state index in [0.29, 0.717) is 12.2 Å². The highest BCUT2D eigenvalue weighted by molar-refractivity contribution is 5.77. The monoisotopic (exact) mass is 189 g/mol. The Morgan fingerprint density at radius 3 is 2.50 bits per heavy atom. The van der Waals surface area contributed by atoms with Crippen molar-refractivity contribution < 1.29 is 9.53 Å². The first-order valence-corrected chi connectivity index (χ1v) is 4.58. The highest BCUT2D eigenvalue weighted by Gasteiger charge is 2.05. The fourth-order valence-corrected chi connectivity index (χ4v) is 1.03. The smallest absolute Gasteiger partial charge is 0.310 e. The largest absolute Gasteiger partial charge is 0.426 e. The zero-order chi connectivity index (χ0) is 10.4. The van der Waals surface area contributed by atoms with Gasteiger partial charge in [-0.2, -0.15) is 0 Å². The van der Waals surface area contributed by atoms with Gasteiger partial charge in [-0.1, -0.05) is 37.3 Å². The summed E-state index contributed by atoms with van der Waals surface area (Å²) in [5.41, 5.74) is 0.872. The molecule has 0 saturated heterocycles. The molecule has 2 heteroatoms. The molecule has 0 bridgehead atoms. The van der Waals surface area contributed by atoms with Gasteiger partial charge in [-0.25, -0.2) is 0 Å². The fourth-order valence-electron chi connectivity index (χ4n) is 1.03. The van der Waals surface area contributed by atoms with Gasteiger partial charge >= 0.3 is 5.97 Å². The van der Waals surface area contributed by atoms with Crippen molar-refractivity contribution in [3.8, 4) is 0 Å². The molecule has 1 aromatic rings. The second-order valence-corrected chi connectivity index (χ2v) is 2.77. The Hall–Kier alpha value is -1.57. The van der Waals surface area contributed by atoms with Gasteiger partial charge in [0.15, 0.2) is 0 Å². The molecule has 1 aromatic carbocycles. The fraction of sp³-hybridized carbons (Fsp3) is 0.250. The molecule has 0 aliphatic rings. The standard InChI is InChI=1S/C12H13O2/c1-3-11(14-12(13)4-2)10-8-6-5-7-9-10/h5-9H,4H2,1-2H3. The molecule has 0 spiro atoms. The van der Waals surface area contributed by atoms with E-state index in [0.717, 1.165) is 5.56 Å². The van der Waals surface area contributed by atoms with Crippen molar-refractivity contribution >= 4 is 11.7 Å². The maximum Gasteiger partial charge on any atom is 0.310 e. The van der Waals surface area contributed by atoms with E-state index in [1.165, 1.54) is 0 Å². The minimum Gasteiger partial charge on any atom is -0.426 e. The van der Waals surface area contributed by atoms with Crippen molar-refractivity contribution in [2.75, 3.05) is 0 Å². The van der Waals surface area contributed by atoms with Gasteiger partial charge in [0.25, 0.3) is 0 Å². The van der Waals surface area contributed by atoms with Crippen molar-refractivity contribution in [2.24, 2.45) is 0 Å². The summed E-state index contributed by atoms with van der Waals surface area (Å²) in [5.74, 6) is 0.260. The predicted molar refractivity (Wildman–Crippen MR) is 55.1 cm³/mol. The van der Waals surface area contributed by atoms with Crippen LogP contribution in [0.5, 0.6) is 0 Å². The summed E-state index contributed by atoms with van der Waals surface area (Å²) in [6, 6.07) is 9.47. The van der Waals surface area contributed by atoms with Gasteiger partial charge in [-0.15, -0.1) is 0 Å². The normalized spacial score (nSPS) is 11.1. The van der Waals surface area contributed by atoms with E-state index in [1.807, 2.05) is 30.3 Å². The summed E-state index contributed by atoms with van der Waals surface area (Å²) >= 11 is 0. The van der Waals surface area contributed by atoms with Gasteiger partial charge in [-0.3, -0.25) is 4.79 Å². The van der Waals surface area contributed by atoms with Crippen LogP contribution in [-0.2, 0) is 9.53 Å². The van der Waals surface area contributed by atoms with E-state index in [9.17, 15) is 4.79 Å². The topological polar surface area (TPSA) is 26.3 Å². The molecule has 0 aromatic heterocycles. The molecule has 0 heterocycles. The maximum absolute atomic E-state index is 11.1. The lowest BCUT2D eigenvalue weighted by Crippen LogP contribution is -2.01. The van der Waals surface area contributed by atoms with E-state index in [2.05, 4.69) is 6.08 Å². The Morgan fingerprint density at radius 1 is 1.36 bits per heavy atom. The third-order valence-electron chi connectivity index (χ3n) is 1.77. The lowest BCUT2D eigenvalue weighted by molar-refractivity contribution is -0.136. The number of ether oxygens (including phenoxy) is 1. The zero-order valence-electron chi connectivity index (χ0n) is 8.41. The highest BCUT2D eigenvalue weighted by Crippen LogP contribution is 2.15. The molecule has 0 atom stereocenters. The number of carbonyl (C=O) groups is 1. The van der Waals surface area contributed by atoms with Gasteiger partial charge in [0, 0.05) is 12.0 Å². The minimum atomic E-state index is -0.238. The Morgan fingerprint density at radius 2 is 2.00 bits per heavy atom. The number of rotatable bonds is 3. The third-order valence-corrected chi connectivity index (χ3v) is 1.77. The highest BCUT2D eigenvalue weighted by atomic mass is 16.5. The number of esters is 1. The Kier molecular flexibility index (Phi) is 3.92. The van der Waals surface area contributed by atoms with E-state index in [1.54, 1.807) is 13.8 Å². The maximum atomic E-state index is 11.1. The lowest BCUT2D eigenvalue weighted by atomic mass is 10.2. The molecule has 0 aliphatic carbocycles. The van der Waals surface area contributed by atoms with E-state index >= 15 is 0 Å². The molecule has 1 radical (unpaired) electrons. The Labute approximate surface area is 84.2 Å². The van der Waals surface area contributed by atoms with Gasteiger partial charge in [0.2, 0.25) is 0 Å². The molecule has 73 valence electrons. The Bertz CT molecular complexity index is 325. The van der Waals surface area contributed by atoms with Crippen LogP contribution in [0.15, 0.2) is 30.3 Å². The van der Waals surface area contributed by atoms with Crippen molar-refractivity contribution in [1.82, 2.24) is 0 Å². The summed E-state index contributed by atoms with van der Waals surface area (Å²) in [4.78, 5) is 11.1. The van der Waals surface area contributed by atoms with Crippen LogP contribution in [0.2, 0.25) is 0 Å². The first-order chi connectivity index (χ1) is 6.77. The molecule has 0 saturated carbocycles. The van der Waals surface area contributed by atoms with Gasteiger partial charge < -0.3 is 4.74 Å². The van der Waals surface area contributed by atoms with Crippen molar-refractivity contribution in [3.05, 3.63) is 42.0 Å². The summed E-state index contributed by atoms with van der Waals surface area (Å²) in [5, 5.41) is 0. The zero-order valence-corrected chi connectivity index (χ0v) is 8.41. The van der Waals surface area contributed by atoms with Crippen LogP contribution in [0.4, 0.5) is 0 Å². The number of allylic oxidation sites excluding steroid dienone is 1. The summed E-state index contributed by atoms with van der Waals surface area (Å²) < 4.78 is 5.10. The number of hydrogen-bond donors (Lipinski definition) is 0. The quantitative estimate of drug-likeness (QED) is 0.540. The average molecular weight is 189 g/mol. The number of benzene rings is 1. The molecule has 1 rings (SSSR count). The van der Waals surface area contributed by atoms with E-state index in [4.69, 9.17) is 4.74 Å². The second-order valence-electron chi connectivity index (χ2n) is 2.77. The summed E-state index contributed by atoms with van der Waals surface area (Å²) in [7, 11) is 0. The van der Waals surface area contributed by atoms with Gasteiger partial charge in [0.1, 0.15) is 5.76 Å². The van der Waals surface area contributed by atoms with E-state index in [-0.39, 0.29) is 5.97 Å². The molecule has 14 heavy (non-hydrogen) atoms. The summed E-state index contributed by atoms with van der Waals surface area (Å²) in [6.07, 6.45) is 3.23. The predicted octanol–water partition coefficient (Wildman–Crippen LogP) is 2.80. The molecule has 0 fully saturated rings. The summed E-state index contributed by atoms with van der Waals surface area (Å²) in [6.45, 7) is 3.49. The van der Waals surface area contributed by atoms with Crippen LogP contribution in [0, 0.1) is 6.08 Å². The number of carbonyl (C=O) groups excluding carboxylic acids is 1.